The molecular formula is C7H12O3. The summed E-state index contributed by atoms with van der Waals surface area (Å²) in [5.41, 5.74) is 0. The molecule has 1 saturated heterocycles. The maximum Gasteiger partial charge on any atom is 0.305 e. The molecule has 1 heterocycles. The van der Waals surface area contributed by atoms with Crippen LogP contribution >= 0.6 is 0 Å². The third kappa shape index (κ3) is 1.99. The lowest BCUT2D eigenvalue weighted by Crippen LogP contribution is -2.13. The standard InChI is InChI=1S/C7H12O3/c1-5-2-3-6(10-5)4-7(8)9/h5-6H,2-4H2,1H3,(H,8,9)/t5-,6+/m1/s1. The average molecular weight is 144 g/mol. The molecule has 10 heavy (non-hydrogen) atoms. The van der Waals surface area contributed by atoms with E-state index in [0.29, 0.717) is 0 Å². The van der Waals surface area contributed by atoms with E-state index < -0.39 is 5.97 Å². The van der Waals surface area contributed by atoms with Gasteiger partial charge in [-0.25, -0.2) is 0 Å². The zero-order valence-electron chi connectivity index (χ0n) is 6.04. The fourth-order valence-corrected chi connectivity index (χ4v) is 1.23. The summed E-state index contributed by atoms with van der Waals surface area (Å²) >= 11 is 0. The maximum absolute atomic E-state index is 10.2. The van der Waals surface area contributed by atoms with Gasteiger partial charge < -0.3 is 9.84 Å². The van der Waals surface area contributed by atoms with Crippen molar-refractivity contribution in [1.82, 2.24) is 0 Å². The molecular weight excluding hydrogens is 132 g/mol. The van der Waals surface area contributed by atoms with Crippen LogP contribution in [0, 0.1) is 0 Å². The average Bonchev–Trinajstić information content (AvgIpc) is 2.13. The molecule has 0 aliphatic carbocycles. The molecule has 58 valence electrons. The summed E-state index contributed by atoms with van der Waals surface area (Å²) in [5, 5.41) is 8.38. The second-order valence-electron chi connectivity index (χ2n) is 2.74. The lowest BCUT2D eigenvalue weighted by molar-refractivity contribution is -0.139. The van der Waals surface area contributed by atoms with Crippen molar-refractivity contribution in [1.29, 1.82) is 0 Å². The highest BCUT2D eigenvalue weighted by atomic mass is 16.5. The largest absolute Gasteiger partial charge is 0.481 e. The molecule has 1 aliphatic heterocycles. The predicted octanol–water partition coefficient (Wildman–Crippen LogP) is 1.03. The van der Waals surface area contributed by atoms with Crippen molar-refractivity contribution < 1.29 is 14.6 Å². The number of carboxylic acid groups (broad SMARTS) is 1. The first-order valence-electron chi connectivity index (χ1n) is 3.55. The van der Waals surface area contributed by atoms with Gasteiger partial charge in [-0.1, -0.05) is 0 Å². The summed E-state index contributed by atoms with van der Waals surface area (Å²) in [6.07, 6.45) is 2.27. The van der Waals surface area contributed by atoms with Crippen LogP contribution in [-0.2, 0) is 9.53 Å². The topological polar surface area (TPSA) is 46.5 Å². The van der Waals surface area contributed by atoms with E-state index in [1.807, 2.05) is 6.92 Å². The molecule has 0 amide bonds. The zero-order valence-corrected chi connectivity index (χ0v) is 6.04. The van der Waals surface area contributed by atoms with Gasteiger partial charge in [-0.2, -0.15) is 0 Å². The number of aliphatic carboxylic acids is 1. The van der Waals surface area contributed by atoms with E-state index in [0.717, 1.165) is 12.8 Å². The Bertz CT molecular complexity index is 133. The Morgan fingerprint density at radius 2 is 2.40 bits per heavy atom. The Kier molecular flexibility index (Phi) is 2.27. The Morgan fingerprint density at radius 3 is 2.80 bits per heavy atom. The first-order valence-corrected chi connectivity index (χ1v) is 3.55. The molecule has 0 aromatic heterocycles. The quantitative estimate of drug-likeness (QED) is 0.629. The van der Waals surface area contributed by atoms with Crippen molar-refractivity contribution in [2.75, 3.05) is 0 Å². The summed E-state index contributed by atoms with van der Waals surface area (Å²) in [4.78, 5) is 10.2. The Hall–Kier alpha value is -0.570. The van der Waals surface area contributed by atoms with Gasteiger partial charge in [0.2, 0.25) is 0 Å². The van der Waals surface area contributed by atoms with Crippen LogP contribution < -0.4 is 0 Å². The third-order valence-corrected chi connectivity index (χ3v) is 1.72. The molecule has 1 fully saturated rings. The molecule has 0 bridgehead atoms. The Labute approximate surface area is 60.0 Å². The molecule has 1 aliphatic rings. The summed E-state index contributed by atoms with van der Waals surface area (Å²) in [6.45, 7) is 1.97. The van der Waals surface area contributed by atoms with Crippen molar-refractivity contribution >= 4 is 5.97 Å². The normalized spacial score (nSPS) is 32.5. The number of hydrogen-bond donors (Lipinski definition) is 1. The molecule has 0 aromatic carbocycles. The van der Waals surface area contributed by atoms with Gasteiger partial charge in [0.15, 0.2) is 0 Å². The minimum Gasteiger partial charge on any atom is -0.481 e. The van der Waals surface area contributed by atoms with Crippen LogP contribution in [-0.4, -0.2) is 23.3 Å². The van der Waals surface area contributed by atoms with Crippen molar-refractivity contribution in [3.63, 3.8) is 0 Å². The summed E-state index contributed by atoms with van der Waals surface area (Å²) in [6, 6.07) is 0. The van der Waals surface area contributed by atoms with Crippen LogP contribution in [0.5, 0.6) is 0 Å². The van der Waals surface area contributed by atoms with Crippen LogP contribution in [0.4, 0.5) is 0 Å². The second kappa shape index (κ2) is 3.01. The fraction of sp³-hybridized carbons (Fsp3) is 0.857. The first kappa shape index (κ1) is 7.54. The fourth-order valence-electron chi connectivity index (χ4n) is 1.23. The Balaban J connectivity index is 2.24. The van der Waals surface area contributed by atoms with Crippen molar-refractivity contribution in [2.45, 2.75) is 38.4 Å². The molecule has 0 saturated carbocycles. The number of rotatable bonds is 2. The third-order valence-electron chi connectivity index (χ3n) is 1.72. The molecule has 3 heteroatoms. The maximum atomic E-state index is 10.2. The van der Waals surface area contributed by atoms with Gasteiger partial charge in [0.1, 0.15) is 0 Å². The highest BCUT2D eigenvalue weighted by Gasteiger charge is 2.23. The van der Waals surface area contributed by atoms with E-state index in [4.69, 9.17) is 9.84 Å². The van der Waals surface area contributed by atoms with E-state index in [-0.39, 0.29) is 18.6 Å². The van der Waals surface area contributed by atoms with Gasteiger partial charge in [-0.15, -0.1) is 0 Å². The highest BCUT2D eigenvalue weighted by molar-refractivity contribution is 5.67. The lowest BCUT2D eigenvalue weighted by atomic mass is 10.1. The van der Waals surface area contributed by atoms with E-state index in [1.54, 1.807) is 0 Å². The van der Waals surface area contributed by atoms with Gasteiger partial charge in [0.25, 0.3) is 0 Å². The van der Waals surface area contributed by atoms with Gasteiger partial charge >= 0.3 is 5.97 Å². The molecule has 1 N–H and O–H groups in total. The number of carbonyl (C=O) groups is 1. The van der Waals surface area contributed by atoms with E-state index in [9.17, 15) is 4.79 Å². The smallest absolute Gasteiger partial charge is 0.305 e. The lowest BCUT2D eigenvalue weighted by Gasteiger charge is -2.06. The molecule has 2 atom stereocenters. The minimum atomic E-state index is -0.765. The first-order chi connectivity index (χ1) is 4.68. The van der Waals surface area contributed by atoms with Crippen LogP contribution in [0.2, 0.25) is 0 Å². The van der Waals surface area contributed by atoms with Gasteiger partial charge in [0, 0.05) is 0 Å². The minimum absolute atomic E-state index is 0.0347. The summed E-state index contributed by atoms with van der Waals surface area (Å²) < 4.78 is 5.29. The highest BCUT2D eigenvalue weighted by Crippen LogP contribution is 2.20. The van der Waals surface area contributed by atoms with Crippen molar-refractivity contribution in [3.8, 4) is 0 Å². The van der Waals surface area contributed by atoms with Gasteiger partial charge in [-0.3, -0.25) is 4.79 Å². The molecule has 0 aromatic rings. The molecule has 1 rings (SSSR count). The zero-order chi connectivity index (χ0) is 7.56. The van der Waals surface area contributed by atoms with Crippen molar-refractivity contribution in [2.24, 2.45) is 0 Å². The van der Waals surface area contributed by atoms with Gasteiger partial charge in [0.05, 0.1) is 18.6 Å². The Morgan fingerprint density at radius 1 is 1.70 bits per heavy atom. The summed E-state index contributed by atoms with van der Waals surface area (Å²) in [7, 11) is 0. The van der Waals surface area contributed by atoms with Crippen LogP contribution in [0.15, 0.2) is 0 Å². The number of hydrogen-bond acceptors (Lipinski definition) is 2. The number of ether oxygens (including phenoxy) is 1. The second-order valence-corrected chi connectivity index (χ2v) is 2.74. The number of carboxylic acids is 1. The van der Waals surface area contributed by atoms with Crippen LogP contribution in [0.25, 0.3) is 0 Å². The molecule has 0 unspecified atom stereocenters. The van der Waals surface area contributed by atoms with Crippen LogP contribution in [0.1, 0.15) is 26.2 Å². The van der Waals surface area contributed by atoms with Crippen LogP contribution in [0.3, 0.4) is 0 Å². The van der Waals surface area contributed by atoms with E-state index >= 15 is 0 Å². The molecule has 3 nitrogen and oxygen atoms in total. The van der Waals surface area contributed by atoms with Crippen molar-refractivity contribution in [3.05, 3.63) is 0 Å². The molecule has 0 radical (unpaired) electrons. The predicted molar refractivity (Wildman–Crippen MR) is 35.8 cm³/mol. The van der Waals surface area contributed by atoms with Gasteiger partial charge in [-0.05, 0) is 19.8 Å². The van der Waals surface area contributed by atoms with E-state index in [1.165, 1.54) is 0 Å². The SMILES string of the molecule is C[C@@H]1CC[C@@H](CC(=O)O)O1. The summed E-state index contributed by atoms with van der Waals surface area (Å²) in [5.74, 6) is -0.765. The van der Waals surface area contributed by atoms with E-state index in [2.05, 4.69) is 0 Å². The molecule has 0 spiro atoms. The monoisotopic (exact) mass is 144 g/mol.